The largest absolute Gasteiger partial charge is 0.0848 e. The summed E-state index contributed by atoms with van der Waals surface area (Å²) >= 11 is 0. The molecule has 0 spiro atoms. The molecule has 2 atom stereocenters. The van der Waals surface area contributed by atoms with E-state index in [1.807, 2.05) is 5.57 Å². The van der Waals surface area contributed by atoms with Crippen LogP contribution < -0.4 is 0 Å². The van der Waals surface area contributed by atoms with Gasteiger partial charge in [0.2, 0.25) is 0 Å². The van der Waals surface area contributed by atoms with E-state index in [9.17, 15) is 0 Å². The summed E-state index contributed by atoms with van der Waals surface area (Å²) in [7, 11) is 0. The normalized spacial score (nSPS) is 37.7. The Hall–Kier alpha value is -0.260. The monoisotopic (exact) mass is 150 g/mol. The first kappa shape index (κ1) is 7.39. The van der Waals surface area contributed by atoms with Crippen LogP contribution in [0, 0.1) is 11.8 Å². The Kier molecular flexibility index (Phi) is 2.02. The minimum absolute atomic E-state index is 0.911. The van der Waals surface area contributed by atoms with Crippen molar-refractivity contribution in [1.82, 2.24) is 0 Å². The summed E-state index contributed by atoms with van der Waals surface area (Å²) < 4.78 is 0. The number of rotatable bonds is 0. The van der Waals surface area contributed by atoms with Crippen molar-refractivity contribution in [3.63, 3.8) is 0 Å². The van der Waals surface area contributed by atoms with Crippen molar-refractivity contribution in [3.05, 3.63) is 11.6 Å². The van der Waals surface area contributed by atoms with Crippen molar-refractivity contribution in [2.45, 2.75) is 45.4 Å². The zero-order valence-electron chi connectivity index (χ0n) is 7.47. The molecule has 0 radical (unpaired) electrons. The third kappa shape index (κ3) is 1.36. The molecule has 0 aromatic carbocycles. The van der Waals surface area contributed by atoms with Crippen LogP contribution in [0.1, 0.15) is 45.4 Å². The van der Waals surface area contributed by atoms with Crippen molar-refractivity contribution in [2.24, 2.45) is 11.8 Å². The highest BCUT2D eigenvalue weighted by Crippen LogP contribution is 2.39. The highest BCUT2D eigenvalue weighted by molar-refractivity contribution is 5.14. The molecule has 0 N–H and O–H groups in total. The van der Waals surface area contributed by atoms with Crippen LogP contribution in [-0.2, 0) is 0 Å². The van der Waals surface area contributed by atoms with E-state index in [1.165, 1.54) is 38.5 Å². The fourth-order valence-corrected chi connectivity index (χ4v) is 2.72. The van der Waals surface area contributed by atoms with E-state index in [1.54, 1.807) is 0 Å². The molecule has 0 saturated heterocycles. The molecule has 0 aromatic heterocycles. The molecule has 0 amide bonds. The number of allylic oxidation sites excluding steroid dienone is 2. The molecule has 0 aliphatic heterocycles. The lowest BCUT2D eigenvalue weighted by Crippen LogP contribution is -2.19. The van der Waals surface area contributed by atoms with Gasteiger partial charge in [0, 0.05) is 0 Å². The van der Waals surface area contributed by atoms with Crippen LogP contribution in [0.25, 0.3) is 0 Å². The van der Waals surface area contributed by atoms with Crippen molar-refractivity contribution in [3.8, 4) is 0 Å². The van der Waals surface area contributed by atoms with Crippen molar-refractivity contribution in [1.29, 1.82) is 0 Å². The van der Waals surface area contributed by atoms with Gasteiger partial charge in [-0.15, -0.1) is 0 Å². The van der Waals surface area contributed by atoms with Gasteiger partial charge in [0.15, 0.2) is 0 Å². The fourth-order valence-electron chi connectivity index (χ4n) is 2.72. The van der Waals surface area contributed by atoms with E-state index < -0.39 is 0 Å². The fraction of sp³-hybridized carbons (Fsp3) is 0.818. The van der Waals surface area contributed by atoms with Gasteiger partial charge in [-0.3, -0.25) is 0 Å². The highest BCUT2D eigenvalue weighted by atomic mass is 14.3. The lowest BCUT2D eigenvalue weighted by atomic mass is 9.73. The van der Waals surface area contributed by atoms with Gasteiger partial charge in [-0.1, -0.05) is 25.0 Å². The van der Waals surface area contributed by atoms with Gasteiger partial charge in [0.05, 0.1) is 0 Å². The van der Waals surface area contributed by atoms with E-state index >= 15 is 0 Å². The van der Waals surface area contributed by atoms with Gasteiger partial charge in [0.25, 0.3) is 0 Å². The lowest BCUT2D eigenvalue weighted by Gasteiger charge is -2.33. The third-order valence-electron chi connectivity index (χ3n) is 3.37. The average Bonchev–Trinajstić information content (AvgIpc) is 2.06. The molecular weight excluding hydrogens is 132 g/mol. The maximum Gasteiger partial charge on any atom is -0.0200 e. The summed E-state index contributed by atoms with van der Waals surface area (Å²) in [5.74, 6) is 1.90. The minimum atomic E-state index is 0.911. The summed E-state index contributed by atoms with van der Waals surface area (Å²) in [5.41, 5.74) is 1.81. The molecule has 11 heavy (non-hydrogen) atoms. The smallest absolute Gasteiger partial charge is 0.0200 e. The SMILES string of the molecule is C[C@@H]1CCCC2CCCC=C21. The molecule has 0 heterocycles. The molecule has 2 aliphatic rings. The number of hydrogen-bond acceptors (Lipinski definition) is 0. The Morgan fingerprint density at radius 1 is 1.18 bits per heavy atom. The summed E-state index contributed by atoms with van der Waals surface area (Å²) in [6.45, 7) is 2.41. The van der Waals surface area contributed by atoms with E-state index in [0.29, 0.717) is 0 Å². The number of hydrogen-bond donors (Lipinski definition) is 0. The summed E-state index contributed by atoms with van der Waals surface area (Å²) in [6, 6.07) is 0. The van der Waals surface area contributed by atoms with Crippen LogP contribution in [0.3, 0.4) is 0 Å². The molecule has 0 aromatic rings. The quantitative estimate of drug-likeness (QED) is 0.463. The second kappa shape index (κ2) is 3.00. The molecule has 0 heteroatoms. The number of fused-ring (bicyclic) bond motifs is 1. The molecule has 1 fully saturated rings. The van der Waals surface area contributed by atoms with Gasteiger partial charge in [0.1, 0.15) is 0 Å². The Labute approximate surface area is 69.7 Å². The van der Waals surface area contributed by atoms with Crippen LogP contribution in [0.15, 0.2) is 11.6 Å². The summed E-state index contributed by atoms with van der Waals surface area (Å²) in [4.78, 5) is 0. The molecule has 2 aliphatic carbocycles. The van der Waals surface area contributed by atoms with Gasteiger partial charge in [-0.2, -0.15) is 0 Å². The molecule has 62 valence electrons. The Bertz CT molecular complexity index is 167. The Morgan fingerprint density at radius 2 is 2.00 bits per heavy atom. The van der Waals surface area contributed by atoms with Gasteiger partial charge in [-0.25, -0.2) is 0 Å². The molecule has 1 unspecified atom stereocenters. The zero-order chi connectivity index (χ0) is 7.68. The first-order chi connectivity index (χ1) is 5.38. The Balaban J connectivity index is 2.14. The topological polar surface area (TPSA) is 0 Å². The van der Waals surface area contributed by atoms with Crippen LogP contribution in [0.4, 0.5) is 0 Å². The van der Waals surface area contributed by atoms with Crippen LogP contribution in [0.5, 0.6) is 0 Å². The summed E-state index contributed by atoms with van der Waals surface area (Å²) in [5, 5.41) is 0. The minimum Gasteiger partial charge on any atom is -0.0848 e. The van der Waals surface area contributed by atoms with E-state index in [0.717, 1.165) is 11.8 Å². The lowest BCUT2D eigenvalue weighted by molar-refractivity contribution is 0.347. The average molecular weight is 150 g/mol. The molecule has 1 saturated carbocycles. The van der Waals surface area contributed by atoms with Crippen LogP contribution in [0.2, 0.25) is 0 Å². The molecule has 2 rings (SSSR count). The summed E-state index contributed by atoms with van der Waals surface area (Å²) in [6.07, 6.45) is 11.2. The van der Waals surface area contributed by atoms with Crippen molar-refractivity contribution < 1.29 is 0 Å². The van der Waals surface area contributed by atoms with E-state index in [4.69, 9.17) is 0 Å². The van der Waals surface area contributed by atoms with Crippen LogP contribution >= 0.6 is 0 Å². The maximum atomic E-state index is 2.53. The third-order valence-corrected chi connectivity index (χ3v) is 3.37. The predicted octanol–water partition coefficient (Wildman–Crippen LogP) is 3.53. The second-order valence-electron chi connectivity index (χ2n) is 4.16. The van der Waals surface area contributed by atoms with Crippen molar-refractivity contribution >= 4 is 0 Å². The van der Waals surface area contributed by atoms with E-state index in [-0.39, 0.29) is 0 Å². The second-order valence-corrected chi connectivity index (χ2v) is 4.16. The first-order valence-corrected chi connectivity index (χ1v) is 5.08. The first-order valence-electron chi connectivity index (χ1n) is 5.08. The van der Waals surface area contributed by atoms with Gasteiger partial charge >= 0.3 is 0 Å². The predicted molar refractivity (Wildman–Crippen MR) is 48.4 cm³/mol. The Morgan fingerprint density at radius 3 is 2.82 bits per heavy atom. The molecule has 0 bridgehead atoms. The van der Waals surface area contributed by atoms with Gasteiger partial charge in [-0.05, 0) is 43.9 Å². The van der Waals surface area contributed by atoms with Crippen LogP contribution in [-0.4, -0.2) is 0 Å². The van der Waals surface area contributed by atoms with E-state index in [2.05, 4.69) is 13.0 Å². The molecular formula is C11H18. The maximum absolute atomic E-state index is 2.53. The molecule has 0 nitrogen and oxygen atoms in total. The van der Waals surface area contributed by atoms with Gasteiger partial charge < -0.3 is 0 Å². The highest BCUT2D eigenvalue weighted by Gasteiger charge is 2.25. The zero-order valence-corrected chi connectivity index (χ0v) is 7.47. The van der Waals surface area contributed by atoms with Crippen molar-refractivity contribution in [2.75, 3.05) is 0 Å². The standard InChI is InChI=1S/C11H18/c1-9-5-4-7-10-6-2-3-8-11(9)10/h8-10H,2-7H2,1H3/t9-,10?/m1/s1.